The van der Waals surface area contributed by atoms with Crippen LogP contribution >= 0.6 is 0 Å². The van der Waals surface area contributed by atoms with E-state index >= 15 is 0 Å². The lowest BCUT2D eigenvalue weighted by atomic mass is 10.1. The van der Waals surface area contributed by atoms with Crippen LogP contribution in [-0.4, -0.2) is 31.5 Å². The van der Waals surface area contributed by atoms with Crippen molar-refractivity contribution >= 4 is 5.97 Å². The fraction of sp³-hybridized carbons (Fsp3) is 0.462. The molecular formula is C13H19NO2. The Morgan fingerprint density at radius 2 is 1.94 bits per heavy atom. The van der Waals surface area contributed by atoms with Gasteiger partial charge in [-0.05, 0) is 19.7 Å². The van der Waals surface area contributed by atoms with Gasteiger partial charge in [0.25, 0.3) is 0 Å². The Kier molecular flexibility index (Phi) is 4.99. The van der Waals surface area contributed by atoms with Crippen molar-refractivity contribution < 1.29 is 9.53 Å². The maximum atomic E-state index is 11.0. The average molecular weight is 221 g/mol. The number of esters is 1. The highest BCUT2D eigenvalue weighted by Gasteiger charge is 2.14. The standard InChI is InChI=1S/C13H19NO2/c1-11(15)16-13(9-10-14(2)3)12-7-5-4-6-8-12/h4-8,13H,9-10H2,1-3H3/t13-/m1/s1. The van der Waals surface area contributed by atoms with E-state index in [0.717, 1.165) is 18.5 Å². The number of carbonyl (C=O) groups excluding carboxylic acids is 1. The molecule has 0 aliphatic heterocycles. The van der Waals surface area contributed by atoms with Gasteiger partial charge in [-0.2, -0.15) is 0 Å². The van der Waals surface area contributed by atoms with Crippen molar-refractivity contribution in [2.75, 3.05) is 20.6 Å². The second-order valence-electron chi connectivity index (χ2n) is 4.10. The molecule has 0 aliphatic carbocycles. The first-order chi connectivity index (χ1) is 7.59. The van der Waals surface area contributed by atoms with Crippen LogP contribution < -0.4 is 0 Å². The van der Waals surface area contributed by atoms with Crippen LogP contribution in [0.2, 0.25) is 0 Å². The molecule has 0 heterocycles. The summed E-state index contributed by atoms with van der Waals surface area (Å²) in [7, 11) is 4.02. The molecular weight excluding hydrogens is 202 g/mol. The Bertz CT molecular complexity index is 322. The SMILES string of the molecule is CC(=O)O[C@H](CCN(C)C)c1ccccc1. The number of hydrogen-bond donors (Lipinski definition) is 0. The third kappa shape index (κ3) is 4.45. The van der Waals surface area contributed by atoms with Gasteiger partial charge >= 0.3 is 5.97 Å². The number of benzene rings is 1. The zero-order chi connectivity index (χ0) is 12.0. The summed E-state index contributed by atoms with van der Waals surface area (Å²) >= 11 is 0. The van der Waals surface area contributed by atoms with Crippen LogP contribution in [0.25, 0.3) is 0 Å². The monoisotopic (exact) mass is 221 g/mol. The van der Waals surface area contributed by atoms with Gasteiger partial charge in [-0.25, -0.2) is 0 Å². The Labute approximate surface area is 97.0 Å². The van der Waals surface area contributed by atoms with Crippen LogP contribution in [0.4, 0.5) is 0 Å². The maximum absolute atomic E-state index is 11.0. The van der Waals surface area contributed by atoms with Gasteiger partial charge in [0.1, 0.15) is 6.10 Å². The lowest BCUT2D eigenvalue weighted by molar-refractivity contribution is -0.147. The van der Waals surface area contributed by atoms with E-state index in [2.05, 4.69) is 4.90 Å². The Balaban J connectivity index is 2.67. The van der Waals surface area contributed by atoms with Crippen LogP contribution in [0.5, 0.6) is 0 Å². The molecule has 0 unspecified atom stereocenters. The van der Waals surface area contributed by atoms with Gasteiger partial charge in [0.2, 0.25) is 0 Å². The molecule has 0 fully saturated rings. The molecule has 0 amide bonds. The summed E-state index contributed by atoms with van der Waals surface area (Å²) in [6.07, 6.45) is 0.678. The molecule has 0 aliphatic rings. The van der Waals surface area contributed by atoms with Crippen LogP contribution in [-0.2, 0) is 9.53 Å². The molecule has 0 radical (unpaired) electrons. The first kappa shape index (κ1) is 12.7. The molecule has 0 bridgehead atoms. The average Bonchev–Trinajstić information content (AvgIpc) is 2.25. The second-order valence-corrected chi connectivity index (χ2v) is 4.10. The highest BCUT2D eigenvalue weighted by molar-refractivity contribution is 5.66. The Morgan fingerprint density at radius 1 is 1.31 bits per heavy atom. The molecule has 3 nitrogen and oxygen atoms in total. The molecule has 3 heteroatoms. The van der Waals surface area contributed by atoms with E-state index < -0.39 is 0 Å². The van der Waals surface area contributed by atoms with Crippen LogP contribution in [0.15, 0.2) is 30.3 Å². The topological polar surface area (TPSA) is 29.5 Å². The minimum absolute atomic E-state index is 0.138. The van der Waals surface area contributed by atoms with E-state index in [4.69, 9.17) is 4.74 Å². The van der Waals surface area contributed by atoms with Crippen LogP contribution in [0.3, 0.4) is 0 Å². The molecule has 1 aromatic carbocycles. The first-order valence-corrected chi connectivity index (χ1v) is 5.46. The van der Waals surface area contributed by atoms with Crippen molar-refractivity contribution in [2.45, 2.75) is 19.4 Å². The second kappa shape index (κ2) is 6.28. The summed E-state index contributed by atoms with van der Waals surface area (Å²) in [4.78, 5) is 13.1. The molecule has 0 saturated carbocycles. The summed E-state index contributed by atoms with van der Waals surface area (Å²) in [5.41, 5.74) is 1.06. The van der Waals surface area contributed by atoms with Gasteiger partial charge in [0, 0.05) is 19.9 Å². The highest BCUT2D eigenvalue weighted by atomic mass is 16.5. The highest BCUT2D eigenvalue weighted by Crippen LogP contribution is 2.21. The Morgan fingerprint density at radius 3 is 2.44 bits per heavy atom. The van der Waals surface area contributed by atoms with Crippen molar-refractivity contribution in [1.29, 1.82) is 0 Å². The minimum Gasteiger partial charge on any atom is -0.458 e. The molecule has 16 heavy (non-hydrogen) atoms. The zero-order valence-electron chi connectivity index (χ0n) is 10.1. The minimum atomic E-state index is -0.229. The summed E-state index contributed by atoms with van der Waals surface area (Å²) in [5, 5.41) is 0. The molecule has 0 N–H and O–H groups in total. The molecule has 1 atom stereocenters. The number of rotatable bonds is 5. The van der Waals surface area contributed by atoms with Gasteiger partial charge in [0.15, 0.2) is 0 Å². The van der Waals surface area contributed by atoms with Crippen molar-refractivity contribution in [1.82, 2.24) is 4.90 Å². The molecule has 88 valence electrons. The fourth-order valence-corrected chi connectivity index (χ4v) is 1.54. The number of carbonyl (C=O) groups is 1. The van der Waals surface area contributed by atoms with E-state index in [0.29, 0.717) is 0 Å². The zero-order valence-corrected chi connectivity index (χ0v) is 10.1. The van der Waals surface area contributed by atoms with Gasteiger partial charge in [-0.15, -0.1) is 0 Å². The first-order valence-electron chi connectivity index (χ1n) is 5.46. The van der Waals surface area contributed by atoms with E-state index in [-0.39, 0.29) is 12.1 Å². The quantitative estimate of drug-likeness (QED) is 0.714. The van der Waals surface area contributed by atoms with E-state index in [1.165, 1.54) is 6.92 Å². The normalized spacial score (nSPS) is 12.5. The third-order valence-electron chi connectivity index (χ3n) is 2.32. The smallest absolute Gasteiger partial charge is 0.303 e. The van der Waals surface area contributed by atoms with E-state index in [1.54, 1.807) is 0 Å². The summed E-state index contributed by atoms with van der Waals surface area (Å²) in [6.45, 7) is 2.35. The Hall–Kier alpha value is -1.35. The maximum Gasteiger partial charge on any atom is 0.303 e. The summed E-state index contributed by atoms with van der Waals surface area (Å²) in [5.74, 6) is -0.229. The summed E-state index contributed by atoms with van der Waals surface area (Å²) < 4.78 is 5.32. The van der Waals surface area contributed by atoms with Gasteiger partial charge < -0.3 is 9.64 Å². The van der Waals surface area contributed by atoms with Crippen LogP contribution in [0.1, 0.15) is 25.0 Å². The number of ether oxygens (including phenoxy) is 1. The van der Waals surface area contributed by atoms with Gasteiger partial charge in [-0.3, -0.25) is 4.79 Å². The van der Waals surface area contributed by atoms with Crippen LogP contribution in [0, 0.1) is 0 Å². The molecule has 0 saturated heterocycles. The lowest BCUT2D eigenvalue weighted by Gasteiger charge is -2.19. The fourth-order valence-electron chi connectivity index (χ4n) is 1.54. The van der Waals surface area contributed by atoms with Gasteiger partial charge in [0.05, 0.1) is 0 Å². The number of nitrogens with zero attached hydrogens (tertiary/aromatic N) is 1. The largest absolute Gasteiger partial charge is 0.458 e. The van der Waals surface area contributed by atoms with Crippen molar-refractivity contribution in [2.24, 2.45) is 0 Å². The van der Waals surface area contributed by atoms with Crippen molar-refractivity contribution in [3.63, 3.8) is 0 Å². The van der Waals surface area contributed by atoms with E-state index in [9.17, 15) is 4.79 Å². The van der Waals surface area contributed by atoms with Gasteiger partial charge in [-0.1, -0.05) is 30.3 Å². The van der Waals surface area contributed by atoms with E-state index in [1.807, 2.05) is 44.4 Å². The third-order valence-corrected chi connectivity index (χ3v) is 2.32. The summed E-state index contributed by atoms with van der Waals surface area (Å²) in [6, 6.07) is 9.86. The molecule has 0 aromatic heterocycles. The number of hydrogen-bond acceptors (Lipinski definition) is 3. The molecule has 0 spiro atoms. The van der Waals surface area contributed by atoms with Crippen molar-refractivity contribution in [3.8, 4) is 0 Å². The van der Waals surface area contributed by atoms with Crippen molar-refractivity contribution in [3.05, 3.63) is 35.9 Å². The molecule has 1 rings (SSSR count). The molecule has 1 aromatic rings. The lowest BCUT2D eigenvalue weighted by Crippen LogP contribution is -2.18. The predicted octanol–water partition coefficient (Wildman–Crippen LogP) is 2.24. The predicted molar refractivity (Wildman–Crippen MR) is 64.1 cm³/mol.